The molecule has 36 heavy (non-hydrogen) atoms. The highest BCUT2D eigenvalue weighted by molar-refractivity contribution is 5.78. The molecule has 3 unspecified atom stereocenters. The minimum atomic E-state index is -2.02. The molecule has 2 N–H and O–H groups in total. The Kier molecular flexibility index (Phi) is 5.97. The summed E-state index contributed by atoms with van der Waals surface area (Å²) in [6.45, 7) is 0. The van der Waals surface area contributed by atoms with Crippen LogP contribution in [0.4, 0.5) is 0 Å². The van der Waals surface area contributed by atoms with E-state index in [4.69, 9.17) is 23.7 Å². The van der Waals surface area contributed by atoms with Crippen molar-refractivity contribution < 1.29 is 38.7 Å². The lowest BCUT2D eigenvalue weighted by Gasteiger charge is -2.45. The lowest BCUT2D eigenvalue weighted by atomic mass is 9.65. The summed E-state index contributed by atoms with van der Waals surface area (Å²) in [5.41, 5.74) is -2.50. The van der Waals surface area contributed by atoms with Gasteiger partial charge in [0.1, 0.15) is 29.1 Å². The van der Waals surface area contributed by atoms with Crippen molar-refractivity contribution in [1.29, 1.82) is 0 Å². The normalized spacial score (nSPS) is 32.1. The second-order valence-corrected chi connectivity index (χ2v) is 9.26. The molecule has 190 valence electrons. The Morgan fingerprint density at radius 2 is 1.81 bits per heavy atom. The SMILES string of the molecule is COC(=O)[C@H]1[C@@H](O)C2(O)c3c(OC)cc(OC)cc3OC2(C2C=CC(OC)=CC2)[C@@H]1c1ccccc1. The predicted octanol–water partition coefficient (Wildman–Crippen LogP) is 3.08. The molecule has 2 aromatic carbocycles. The first kappa shape index (κ1) is 24.2. The molecule has 1 aliphatic heterocycles. The highest BCUT2D eigenvalue weighted by atomic mass is 16.6. The number of carbonyl (C=O) groups excluding carboxylic acids is 1. The number of aliphatic hydroxyl groups is 2. The van der Waals surface area contributed by atoms with Gasteiger partial charge in [-0.2, -0.15) is 0 Å². The third kappa shape index (κ3) is 3.10. The molecule has 1 saturated carbocycles. The van der Waals surface area contributed by atoms with Crippen LogP contribution in [0.2, 0.25) is 0 Å². The van der Waals surface area contributed by atoms with Crippen molar-refractivity contribution in [2.75, 3.05) is 28.4 Å². The third-order valence-electron chi connectivity index (χ3n) is 7.82. The Labute approximate surface area is 209 Å². The van der Waals surface area contributed by atoms with Gasteiger partial charge in [0, 0.05) is 24.0 Å². The minimum absolute atomic E-state index is 0.278. The summed E-state index contributed by atoms with van der Waals surface area (Å²) >= 11 is 0. The molecule has 3 aliphatic rings. The number of esters is 1. The van der Waals surface area contributed by atoms with Crippen molar-refractivity contribution in [3.8, 4) is 17.2 Å². The number of hydrogen-bond acceptors (Lipinski definition) is 8. The summed E-state index contributed by atoms with van der Waals surface area (Å²) in [5.74, 6) is -1.18. The largest absolute Gasteiger partial charge is 0.497 e. The number of benzene rings is 2. The van der Waals surface area contributed by atoms with Crippen LogP contribution in [0.25, 0.3) is 0 Å². The van der Waals surface area contributed by atoms with Crippen LogP contribution < -0.4 is 14.2 Å². The number of allylic oxidation sites excluding steroid dienone is 2. The van der Waals surface area contributed by atoms with E-state index < -0.39 is 41.0 Å². The van der Waals surface area contributed by atoms with Gasteiger partial charge >= 0.3 is 5.97 Å². The second-order valence-electron chi connectivity index (χ2n) is 9.26. The topological polar surface area (TPSA) is 104 Å². The van der Waals surface area contributed by atoms with E-state index in [9.17, 15) is 15.0 Å². The lowest BCUT2D eigenvalue weighted by Crippen LogP contribution is -2.58. The predicted molar refractivity (Wildman–Crippen MR) is 130 cm³/mol. The van der Waals surface area contributed by atoms with Gasteiger partial charge in [0.15, 0.2) is 11.2 Å². The summed E-state index contributed by atoms with van der Waals surface area (Å²) < 4.78 is 28.4. The summed E-state index contributed by atoms with van der Waals surface area (Å²) in [6, 6.07) is 12.6. The first-order valence-electron chi connectivity index (χ1n) is 11.8. The number of rotatable bonds is 6. The average molecular weight is 495 g/mol. The standard InChI is InChI=1S/C28H30O8/c1-32-18-12-10-17(11-13-18)28-23(16-8-6-5-7-9-16)22(26(30)35-4)25(29)27(28,31)24-20(34-3)14-19(33-2)15-21(24)36-28/h5-10,12-15,17,22-23,25,29,31H,11H2,1-4H3/t17?,22-,23-,25-,27?,28?/m1/s1. The summed E-state index contributed by atoms with van der Waals surface area (Å²) in [5, 5.41) is 24.6. The molecule has 0 aromatic heterocycles. The Balaban J connectivity index is 1.82. The lowest BCUT2D eigenvalue weighted by molar-refractivity contribution is -0.167. The molecule has 1 heterocycles. The second kappa shape index (κ2) is 8.87. The Hall–Kier alpha value is -3.49. The quantitative estimate of drug-likeness (QED) is 0.591. The fourth-order valence-corrected chi connectivity index (χ4v) is 6.32. The van der Waals surface area contributed by atoms with Crippen LogP contribution in [-0.4, -0.2) is 56.3 Å². The third-order valence-corrected chi connectivity index (χ3v) is 7.82. The molecular weight excluding hydrogens is 464 g/mol. The van der Waals surface area contributed by atoms with Crippen molar-refractivity contribution in [3.63, 3.8) is 0 Å². The number of fused-ring (bicyclic) bond motifs is 3. The van der Waals surface area contributed by atoms with Gasteiger partial charge < -0.3 is 33.9 Å². The van der Waals surface area contributed by atoms with Gasteiger partial charge in [0.2, 0.25) is 0 Å². The Morgan fingerprint density at radius 3 is 2.39 bits per heavy atom. The van der Waals surface area contributed by atoms with Crippen LogP contribution >= 0.6 is 0 Å². The monoisotopic (exact) mass is 494 g/mol. The molecule has 8 heteroatoms. The van der Waals surface area contributed by atoms with Crippen molar-refractivity contribution in [2.45, 2.75) is 29.6 Å². The fraction of sp³-hybridized carbons (Fsp3) is 0.393. The molecule has 0 spiro atoms. The molecule has 0 amide bonds. The van der Waals surface area contributed by atoms with E-state index in [-0.39, 0.29) is 11.3 Å². The minimum Gasteiger partial charge on any atom is -0.497 e. The van der Waals surface area contributed by atoms with E-state index >= 15 is 0 Å². The van der Waals surface area contributed by atoms with E-state index in [1.807, 2.05) is 48.6 Å². The summed E-state index contributed by atoms with van der Waals surface area (Å²) in [7, 11) is 5.86. The molecule has 8 nitrogen and oxygen atoms in total. The average Bonchev–Trinajstić information content (AvgIpc) is 3.30. The van der Waals surface area contributed by atoms with Crippen molar-refractivity contribution in [3.05, 3.63) is 77.6 Å². The molecule has 2 aromatic rings. The summed E-state index contributed by atoms with van der Waals surface area (Å²) in [6.07, 6.45) is 4.51. The van der Waals surface area contributed by atoms with Crippen LogP contribution in [0, 0.1) is 11.8 Å². The highest BCUT2D eigenvalue weighted by Gasteiger charge is 2.79. The van der Waals surface area contributed by atoms with E-state index in [0.717, 1.165) is 5.56 Å². The number of carbonyl (C=O) groups is 1. The van der Waals surface area contributed by atoms with Gasteiger partial charge in [-0.1, -0.05) is 36.4 Å². The van der Waals surface area contributed by atoms with Gasteiger partial charge in [-0.05, 0) is 24.1 Å². The first-order chi connectivity index (χ1) is 17.4. The van der Waals surface area contributed by atoms with Crippen LogP contribution in [0.1, 0.15) is 23.5 Å². The van der Waals surface area contributed by atoms with Crippen molar-refractivity contribution in [1.82, 2.24) is 0 Å². The highest BCUT2D eigenvalue weighted by Crippen LogP contribution is 2.69. The van der Waals surface area contributed by atoms with Crippen LogP contribution in [-0.2, 0) is 19.9 Å². The van der Waals surface area contributed by atoms with E-state index in [1.54, 1.807) is 19.2 Å². The maximum atomic E-state index is 13.2. The van der Waals surface area contributed by atoms with Crippen molar-refractivity contribution >= 4 is 5.97 Å². The van der Waals surface area contributed by atoms with Gasteiger partial charge in [-0.25, -0.2) is 0 Å². The van der Waals surface area contributed by atoms with E-state index in [1.165, 1.54) is 21.3 Å². The maximum absolute atomic E-state index is 13.2. The van der Waals surface area contributed by atoms with Crippen LogP contribution in [0.3, 0.4) is 0 Å². The Morgan fingerprint density at radius 1 is 1.06 bits per heavy atom. The van der Waals surface area contributed by atoms with Crippen molar-refractivity contribution in [2.24, 2.45) is 11.8 Å². The van der Waals surface area contributed by atoms with Gasteiger partial charge in [-0.3, -0.25) is 4.79 Å². The van der Waals surface area contributed by atoms with Gasteiger partial charge in [0.05, 0.1) is 39.9 Å². The number of methoxy groups -OCH3 is 4. The zero-order valence-electron chi connectivity index (χ0n) is 20.6. The van der Waals surface area contributed by atoms with Crippen LogP contribution in [0.15, 0.2) is 66.5 Å². The molecular formula is C28H30O8. The smallest absolute Gasteiger partial charge is 0.312 e. The molecule has 0 bridgehead atoms. The molecule has 1 fully saturated rings. The number of ether oxygens (including phenoxy) is 5. The van der Waals surface area contributed by atoms with Gasteiger partial charge in [-0.15, -0.1) is 0 Å². The molecule has 6 atom stereocenters. The molecule has 5 rings (SSSR count). The summed E-state index contributed by atoms with van der Waals surface area (Å²) in [4.78, 5) is 13.2. The zero-order valence-corrected chi connectivity index (χ0v) is 20.6. The zero-order chi connectivity index (χ0) is 25.7. The number of aliphatic hydroxyl groups excluding tert-OH is 1. The maximum Gasteiger partial charge on any atom is 0.312 e. The first-order valence-corrected chi connectivity index (χ1v) is 11.8. The van der Waals surface area contributed by atoms with Gasteiger partial charge in [0.25, 0.3) is 0 Å². The molecule has 2 aliphatic carbocycles. The molecule has 0 radical (unpaired) electrons. The van der Waals surface area contributed by atoms with E-state index in [0.29, 0.717) is 23.7 Å². The molecule has 0 saturated heterocycles. The van der Waals surface area contributed by atoms with Crippen LogP contribution in [0.5, 0.6) is 17.2 Å². The van der Waals surface area contributed by atoms with E-state index in [2.05, 4.69) is 0 Å². The fourth-order valence-electron chi connectivity index (χ4n) is 6.32. The number of hydrogen-bond donors (Lipinski definition) is 2. The Bertz CT molecular complexity index is 1220.